The van der Waals surface area contributed by atoms with Crippen molar-refractivity contribution in [3.8, 4) is 23.0 Å². The van der Waals surface area contributed by atoms with Crippen LogP contribution in [-0.4, -0.2) is 36.0 Å². The van der Waals surface area contributed by atoms with Gasteiger partial charge in [-0.3, -0.25) is 0 Å². The first-order valence-electron chi connectivity index (χ1n) is 9.80. The molecule has 30 heavy (non-hydrogen) atoms. The highest BCUT2D eigenvalue weighted by Crippen LogP contribution is 2.35. The van der Waals surface area contributed by atoms with E-state index in [1.165, 1.54) is 4.31 Å². The summed E-state index contributed by atoms with van der Waals surface area (Å²) in [5, 5.41) is 4.79. The lowest BCUT2D eigenvalue weighted by atomic mass is 10.1. The van der Waals surface area contributed by atoms with Crippen LogP contribution >= 0.6 is 0 Å². The van der Waals surface area contributed by atoms with Gasteiger partial charge in [0.2, 0.25) is 15.8 Å². The van der Waals surface area contributed by atoms with Gasteiger partial charge in [-0.05, 0) is 37.6 Å². The summed E-state index contributed by atoms with van der Waals surface area (Å²) in [6.07, 6.45) is 0. The molecular weight excluding hydrogens is 402 g/mol. The minimum Gasteiger partial charge on any atom is -0.451 e. The second-order valence-electron chi connectivity index (χ2n) is 7.04. The third kappa shape index (κ3) is 3.32. The van der Waals surface area contributed by atoms with Crippen molar-refractivity contribution in [3.63, 3.8) is 0 Å². The van der Waals surface area contributed by atoms with Crippen LogP contribution in [0.5, 0.6) is 0 Å². The summed E-state index contributed by atoms with van der Waals surface area (Å²) in [4.78, 5) is 4.73. The Kier molecular flexibility index (Phi) is 5.21. The SMILES string of the molecule is CCN(CC)S(=O)(=O)c1ccc2oc(-c3nc(-c4ccccc4C)no3)c(C)c2c1. The van der Waals surface area contributed by atoms with Crippen molar-refractivity contribution in [3.05, 3.63) is 53.6 Å². The van der Waals surface area contributed by atoms with Crippen molar-refractivity contribution in [1.29, 1.82) is 0 Å². The monoisotopic (exact) mass is 425 g/mol. The molecule has 4 aromatic rings. The van der Waals surface area contributed by atoms with Gasteiger partial charge in [-0.25, -0.2) is 8.42 Å². The molecular formula is C22H23N3O4S. The summed E-state index contributed by atoms with van der Waals surface area (Å²) < 4.78 is 38.6. The number of aromatic nitrogens is 2. The molecule has 0 atom stereocenters. The maximum absolute atomic E-state index is 12.9. The van der Waals surface area contributed by atoms with Crippen molar-refractivity contribution in [2.75, 3.05) is 13.1 Å². The van der Waals surface area contributed by atoms with Crippen molar-refractivity contribution in [2.24, 2.45) is 0 Å². The smallest absolute Gasteiger partial charge is 0.294 e. The van der Waals surface area contributed by atoms with Crippen LogP contribution in [0.1, 0.15) is 25.0 Å². The minimum atomic E-state index is -3.56. The van der Waals surface area contributed by atoms with Gasteiger partial charge in [0, 0.05) is 29.6 Å². The van der Waals surface area contributed by atoms with E-state index in [-0.39, 0.29) is 10.8 Å². The van der Waals surface area contributed by atoms with Crippen LogP contribution < -0.4 is 0 Å². The molecule has 0 N–H and O–H groups in total. The van der Waals surface area contributed by atoms with Gasteiger partial charge in [0.15, 0.2) is 5.76 Å². The number of nitrogens with zero attached hydrogens (tertiary/aromatic N) is 3. The van der Waals surface area contributed by atoms with Crippen molar-refractivity contribution in [1.82, 2.24) is 14.4 Å². The Morgan fingerprint density at radius 3 is 2.47 bits per heavy atom. The number of benzene rings is 2. The summed E-state index contributed by atoms with van der Waals surface area (Å²) in [5.41, 5.74) is 3.24. The van der Waals surface area contributed by atoms with Gasteiger partial charge < -0.3 is 8.94 Å². The summed E-state index contributed by atoms with van der Waals surface area (Å²) >= 11 is 0. The van der Waals surface area contributed by atoms with Crippen LogP contribution in [-0.2, 0) is 10.0 Å². The van der Waals surface area contributed by atoms with Gasteiger partial charge >= 0.3 is 0 Å². The Balaban J connectivity index is 1.78. The highest BCUT2D eigenvalue weighted by molar-refractivity contribution is 7.89. The van der Waals surface area contributed by atoms with Crippen LogP contribution in [0, 0.1) is 13.8 Å². The molecule has 0 unspecified atom stereocenters. The normalized spacial score (nSPS) is 12.2. The van der Waals surface area contributed by atoms with Gasteiger partial charge in [0.25, 0.3) is 5.89 Å². The van der Waals surface area contributed by atoms with E-state index < -0.39 is 10.0 Å². The van der Waals surface area contributed by atoms with E-state index in [9.17, 15) is 8.42 Å². The van der Waals surface area contributed by atoms with E-state index in [1.54, 1.807) is 18.2 Å². The third-order valence-corrected chi connectivity index (χ3v) is 7.30. The van der Waals surface area contributed by atoms with Crippen molar-refractivity contribution < 1.29 is 17.4 Å². The molecule has 4 rings (SSSR count). The van der Waals surface area contributed by atoms with Gasteiger partial charge in [-0.1, -0.05) is 43.3 Å². The van der Waals surface area contributed by atoms with Crippen LogP contribution in [0.25, 0.3) is 34.0 Å². The molecule has 0 aliphatic carbocycles. The maximum atomic E-state index is 12.9. The number of aryl methyl sites for hydroxylation is 2. The Hall–Kier alpha value is -2.97. The molecule has 7 nitrogen and oxygen atoms in total. The van der Waals surface area contributed by atoms with E-state index >= 15 is 0 Å². The second kappa shape index (κ2) is 7.70. The standard InChI is InChI=1S/C22H23N3O4S/c1-5-25(6-2)30(26,27)16-11-12-19-18(13-16)15(4)20(28-19)22-23-21(24-29-22)17-10-8-7-9-14(17)3/h7-13H,5-6H2,1-4H3. The highest BCUT2D eigenvalue weighted by atomic mass is 32.2. The first-order chi connectivity index (χ1) is 14.4. The van der Waals surface area contributed by atoms with Gasteiger partial charge in [-0.15, -0.1) is 0 Å². The molecule has 0 spiro atoms. The van der Waals surface area contributed by atoms with Crippen molar-refractivity contribution in [2.45, 2.75) is 32.6 Å². The lowest BCUT2D eigenvalue weighted by Crippen LogP contribution is -2.30. The number of sulfonamides is 1. The summed E-state index contributed by atoms with van der Waals surface area (Å²) in [6.45, 7) is 8.30. The first kappa shape index (κ1) is 20.3. The lowest BCUT2D eigenvalue weighted by Gasteiger charge is -2.18. The zero-order valence-electron chi connectivity index (χ0n) is 17.3. The third-order valence-electron chi connectivity index (χ3n) is 5.26. The zero-order valence-corrected chi connectivity index (χ0v) is 18.2. The van der Waals surface area contributed by atoms with E-state index in [0.717, 1.165) is 16.7 Å². The average molecular weight is 426 g/mol. The average Bonchev–Trinajstić information content (AvgIpc) is 3.34. The molecule has 0 aliphatic rings. The number of rotatable bonds is 6. The molecule has 0 saturated heterocycles. The maximum Gasteiger partial charge on any atom is 0.294 e. The lowest BCUT2D eigenvalue weighted by molar-refractivity contribution is 0.419. The van der Waals surface area contributed by atoms with E-state index in [1.807, 2.05) is 52.0 Å². The number of hydrogen-bond donors (Lipinski definition) is 0. The minimum absolute atomic E-state index is 0.236. The number of hydrogen-bond acceptors (Lipinski definition) is 6. The number of fused-ring (bicyclic) bond motifs is 1. The van der Waals surface area contributed by atoms with Gasteiger partial charge in [0.05, 0.1) is 4.90 Å². The molecule has 0 radical (unpaired) electrons. The Bertz CT molecular complexity index is 1320. The van der Waals surface area contributed by atoms with Gasteiger partial charge in [-0.2, -0.15) is 9.29 Å². The number of furan rings is 1. The molecule has 0 amide bonds. The summed E-state index contributed by atoms with van der Waals surface area (Å²) in [5.74, 6) is 1.18. The largest absolute Gasteiger partial charge is 0.451 e. The predicted molar refractivity (Wildman–Crippen MR) is 115 cm³/mol. The highest BCUT2D eigenvalue weighted by Gasteiger charge is 2.25. The second-order valence-corrected chi connectivity index (χ2v) is 8.98. The fraction of sp³-hybridized carbons (Fsp3) is 0.273. The fourth-order valence-electron chi connectivity index (χ4n) is 3.53. The molecule has 2 aromatic carbocycles. The van der Waals surface area contributed by atoms with Crippen LogP contribution in [0.3, 0.4) is 0 Å². The Morgan fingerprint density at radius 2 is 1.77 bits per heavy atom. The molecule has 0 aliphatic heterocycles. The van der Waals surface area contributed by atoms with E-state index in [0.29, 0.717) is 35.6 Å². The first-order valence-corrected chi connectivity index (χ1v) is 11.2. The molecule has 8 heteroatoms. The van der Waals surface area contributed by atoms with Crippen LogP contribution in [0.4, 0.5) is 0 Å². The fourth-order valence-corrected chi connectivity index (χ4v) is 5.01. The predicted octanol–water partition coefficient (Wildman–Crippen LogP) is 4.80. The van der Waals surface area contributed by atoms with Crippen LogP contribution in [0.15, 0.2) is 56.3 Å². The molecule has 2 aromatic heterocycles. The quantitative estimate of drug-likeness (QED) is 0.441. The molecule has 2 heterocycles. The van der Waals surface area contributed by atoms with Crippen molar-refractivity contribution >= 4 is 21.0 Å². The van der Waals surface area contributed by atoms with E-state index in [2.05, 4.69) is 10.1 Å². The Morgan fingerprint density at radius 1 is 1.03 bits per heavy atom. The van der Waals surface area contributed by atoms with Gasteiger partial charge in [0.1, 0.15) is 5.58 Å². The van der Waals surface area contributed by atoms with Crippen LogP contribution in [0.2, 0.25) is 0 Å². The molecule has 0 saturated carbocycles. The summed E-state index contributed by atoms with van der Waals surface area (Å²) in [6, 6.07) is 12.7. The molecule has 156 valence electrons. The summed E-state index contributed by atoms with van der Waals surface area (Å²) in [7, 11) is -3.56. The molecule has 0 fully saturated rings. The zero-order chi connectivity index (χ0) is 21.5. The topological polar surface area (TPSA) is 89.4 Å². The Labute approximate surface area is 175 Å². The van der Waals surface area contributed by atoms with E-state index in [4.69, 9.17) is 8.94 Å². The molecule has 0 bridgehead atoms.